The molecule has 0 amide bonds. The van der Waals surface area contributed by atoms with Crippen molar-refractivity contribution in [2.45, 2.75) is 53.6 Å². The third kappa shape index (κ3) is 4.98. The first-order valence-electron chi connectivity index (χ1n) is 7.47. The zero-order chi connectivity index (χ0) is 15.6. The van der Waals surface area contributed by atoms with Crippen molar-refractivity contribution in [3.63, 3.8) is 0 Å². The van der Waals surface area contributed by atoms with E-state index in [0.717, 1.165) is 12.8 Å². The van der Waals surface area contributed by atoms with E-state index in [4.69, 9.17) is 0 Å². The van der Waals surface area contributed by atoms with Crippen LogP contribution in [0.5, 0.6) is 0 Å². The number of nitrogens with one attached hydrogen (secondary N) is 1. The second kappa shape index (κ2) is 6.73. The van der Waals surface area contributed by atoms with Gasteiger partial charge in [0.15, 0.2) is 0 Å². The van der Waals surface area contributed by atoms with Crippen LogP contribution >= 0.6 is 0 Å². The molecule has 20 heavy (non-hydrogen) atoms. The van der Waals surface area contributed by atoms with E-state index in [1.165, 1.54) is 4.31 Å². The van der Waals surface area contributed by atoms with Crippen LogP contribution in [0.4, 0.5) is 0 Å². The summed E-state index contributed by atoms with van der Waals surface area (Å²) in [5, 5.41) is 9.69. The second-order valence-electron chi connectivity index (χ2n) is 7.20. The zero-order valence-corrected chi connectivity index (χ0v) is 14.2. The lowest BCUT2D eigenvalue weighted by Crippen LogP contribution is -2.48. The number of nitrogens with zero attached hydrogens (tertiary/aromatic N) is 1. The van der Waals surface area contributed by atoms with Gasteiger partial charge in [-0.05, 0) is 30.1 Å². The van der Waals surface area contributed by atoms with Gasteiger partial charge >= 0.3 is 0 Å². The van der Waals surface area contributed by atoms with E-state index in [-0.39, 0.29) is 17.9 Å². The Hall–Kier alpha value is -0.170. The van der Waals surface area contributed by atoms with Gasteiger partial charge in [-0.15, -0.1) is 0 Å². The first kappa shape index (κ1) is 17.9. The fourth-order valence-corrected chi connectivity index (χ4v) is 3.74. The van der Waals surface area contributed by atoms with Crippen molar-refractivity contribution in [3.8, 4) is 0 Å². The molecule has 0 spiro atoms. The number of piperidine rings is 1. The topological polar surface area (TPSA) is 69.6 Å². The predicted octanol–water partition coefficient (Wildman–Crippen LogP) is 1.60. The number of hydrogen-bond acceptors (Lipinski definition) is 3. The third-order valence-electron chi connectivity index (χ3n) is 4.26. The minimum atomic E-state index is -3.46. The number of aliphatic hydroxyl groups excluding tert-OH is 1. The Morgan fingerprint density at radius 2 is 1.75 bits per heavy atom. The van der Waals surface area contributed by atoms with Crippen molar-refractivity contribution in [2.75, 3.05) is 19.6 Å². The van der Waals surface area contributed by atoms with Crippen molar-refractivity contribution in [1.82, 2.24) is 9.03 Å². The van der Waals surface area contributed by atoms with Crippen LogP contribution in [0.2, 0.25) is 0 Å². The van der Waals surface area contributed by atoms with Gasteiger partial charge in [-0.25, -0.2) is 0 Å². The Morgan fingerprint density at radius 3 is 2.15 bits per heavy atom. The van der Waals surface area contributed by atoms with Crippen LogP contribution in [-0.2, 0) is 10.2 Å². The van der Waals surface area contributed by atoms with Gasteiger partial charge in [-0.2, -0.15) is 17.4 Å². The summed E-state index contributed by atoms with van der Waals surface area (Å²) in [6, 6.07) is 0. The standard InChI is InChI=1S/C14H30N2O3S/c1-11(2)13(17)10-15-20(18,19)16-8-6-12(7-9-16)14(3,4)5/h11-13,15,17H,6-10H2,1-5H3. The van der Waals surface area contributed by atoms with E-state index in [0.29, 0.717) is 19.0 Å². The molecule has 1 rings (SSSR count). The first-order chi connectivity index (χ1) is 9.04. The van der Waals surface area contributed by atoms with Gasteiger partial charge in [0.25, 0.3) is 10.2 Å². The molecule has 6 heteroatoms. The van der Waals surface area contributed by atoms with Crippen molar-refractivity contribution in [2.24, 2.45) is 17.3 Å². The minimum Gasteiger partial charge on any atom is -0.391 e. The van der Waals surface area contributed by atoms with Crippen LogP contribution in [0.3, 0.4) is 0 Å². The summed E-state index contributed by atoms with van der Waals surface area (Å²) in [4.78, 5) is 0. The summed E-state index contributed by atoms with van der Waals surface area (Å²) >= 11 is 0. The molecule has 0 radical (unpaired) electrons. The fourth-order valence-electron chi connectivity index (χ4n) is 2.48. The van der Waals surface area contributed by atoms with Gasteiger partial charge in [0.2, 0.25) is 0 Å². The van der Waals surface area contributed by atoms with Crippen molar-refractivity contribution in [3.05, 3.63) is 0 Å². The van der Waals surface area contributed by atoms with E-state index < -0.39 is 16.3 Å². The van der Waals surface area contributed by atoms with Crippen molar-refractivity contribution in [1.29, 1.82) is 0 Å². The highest BCUT2D eigenvalue weighted by Gasteiger charge is 2.33. The summed E-state index contributed by atoms with van der Waals surface area (Å²) in [5.74, 6) is 0.611. The highest BCUT2D eigenvalue weighted by Crippen LogP contribution is 2.34. The third-order valence-corrected chi connectivity index (χ3v) is 5.84. The molecule has 2 N–H and O–H groups in total. The molecular weight excluding hydrogens is 276 g/mol. The van der Waals surface area contributed by atoms with Gasteiger partial charge < -0.3 is 5.11 Å². The molecule has 0 aromatic carbocycles. The molecule has 5 nitrogen and oxygen atoms in total. The molecule has 1 heterocycles. The Kier molecular flexibility index (Phi) is 6.01. The molecule has 1 unspecified atom stereocenters. The summed E-state index contributed by atoms with van der Waals surface area (Å²) in [6.07, 6.45) is 1.16. The molecule has 1 aliphatic rings. The van der Waals surface area contributed by atoms with E-state index in [2.05, 4.69) is 25.5 Å². The van der Waals surface area contributed by atoms with Gasteiger partial charge in [0.05, 0.1) is 6.10 Å². The largest absolute Gasteiger partial charge is 0.391 e. The van der Waals surface area contributed by atoms with E-state index in [1.807, 2.05) is 13.8 Å². The lowest BCUT2D eigenvalue weighted by atomic mass is 9.76. The summed E-state index contributed by atoms with van der Waals surface area (Å²) in [5.41, 5.74) is 0.233. The number of hydrogen-bond donors (Lipinski definition) is 2. The van der Waals surface area contributed by atoms with E-state index in [1.54, 1.807) is 0 Å². The maximum absolute atomic E-state index is 12.2. The maximum atomic E-state index is 12.2. The predicted molar refractivity (Wildman–Crippen MR) is 81.5 cm³/mol. The smallest absolute Gasteiger partial charge is 0.279 e. The Balaban J connectivity index is 2.51. The summed E-state index contributed by atoms with van der Waals surface area (Å²) in [7, 11) is -3.46. The van der Waals surface area contributed by atoms with E-state index in [9.17, 15) is 13.5 Å². The average molecular weight is 306 g/mol. The number of rotatable bonds is 5. The lowest BCUT2D eigenvalue weighted by molar-refractivity contribution is 0.127. The molecule has 1 aliphatic heterocycles. The SMILES string of the molecule is CC(C)C(O)CNS(=O)(=O)N1CCC(C(C)(C)C)CC1. The van der Waals surface area contributed by atoms with Crippen LogP contribution in [-0.4, -0.2) is 43.6 Å². The fraction of sp³-hybridized carbons (Fsp3) is 1.00. The monoisotopic (exact) mass is 306 g/mol. The van der Waals surface area contributed by atoms with Gasteiger partial charge in [-0.1, -0.05) is 34.6 Å². The summed E-state index contributed by atoms with van der Waals surface area (Å²) < 4.78 is 28.4. The van der Waals surface area contributed by atoms with Crippen LogP contribution in [0.15, 0.2) is 0 Å². The Labute approximate surface area is 123 Å². The van der Waals surface area contributed by atoms with Crippen LogP contribution in [0.1, 0.15) is 47.5 Å². The maximum Gasteiger partial charge on any atom is 0.279 e. The second-order valence-corrected chi connectivity index (χ2v) is 8.96. The molecule has 0 aliphatic carbocycles. The highest BCUT2D eigenvalue weighted by atomic mass is 32.2. The van der Waals surface area contributed by atoms with Crippen LogP contribution in [0, 0.1) is 17.3 Å². The first-order valence-corrected chi connectivity index (χ1v) is 8.91. The molecule has 120 valence electrons. The van der Waals surface area contributed by atoms with Gasteiger partial charge in [-0.3, -0.25) is 0 Å². The van der Waals surface area contributed by atoms with Crippen LogP contribution in [0.25, 0.3) is 0 Å². The molecule has 1 fully saturated rings. The van der Waals surface area contributed by atoms with E-state index >= 15 is 0 Å². The normalized spacial score (nSPS) is 21.4. The molecule has 0 saturated carbocycles. The average Bonchev–Trinajstić information content (AvgIpc) is 2.35. The molecule has 0 bridgehead atoms. The Morgan fingerprint density at radius 1 is 1.25 bits per heavy atom. The summed E-state index contributed by atoms with van der Waals surface area (Å²) in [6.45, 7) is 11.6. The van der Waals surface area contributed by atoms with Crippen molar-refractivity contribution < 1.29 is 13.5 Å². The molecule has 0 aromatic heterocycles. The Bertz CT molecular complexity index is 393. The molecular formula is C14H30N2O3S. The molecule has 1 saturated heterocycles. The minimum absolute atomic E-state index is 0.0457. The number of aliphatic hydroxyl groups is 1. The molecule has 1 atom stereocenters. The van der Waals surface area contributed by atoms with Gasteiger partial charge in [0.1, 0.15) is 0 Å². The lowest BCUT2D eigenvalue weighted by Gasteiger charge is -2.38. The highest BCUT2D eigenvalue weighted by molar-refractivity contribution is 7.87. The zero-order valence-electron chi connectivity index (χ0n) is 13.4. The van der Waals surface area contributed by atoms with Crippen molar-refractivity contribution >= 4 is 10.2 Å². The quantitative estimate of drug-likeness (QED) is 0.810. The molecule has 0 aromatic rings. The van der Waals surface area contributed by atoms with Crippen LogP contribution < -0.4 is 4.72 Å². The van der Waals surface area contributed by atoms with Gasteiger partial charge in [0, 0.05) is 19.6 Å².